The van der Waals surface area contributed by atoms with Crippen LogP contribution in [0.4, 0.5) is 13.2 Å². The van der Waals surface area contributed by atoms with Crippen LogP contribution in [0.1, 0.15) is 54.5 Å². The minimum Gasteiger partial charge on any atom is -0.346 e. The van der Waals surface area contributed by atoms with E-state index in [0.29, 0.717) is 43.1 Å². The van der Waals surface area contributed by atoms with Gasteiger partial charge in [0, 0.05) is 55.7 Å². The van der Waals surface area contributed by atoms with Crippen LogP contribution < -0.4 is 0 Å². The van der Waals surface area contributed by atoms with Crippen LogP contribution in [0, 0.1) is 13.8 Å². The third kappa shape index (κ3) is 4.84. The highest BCUT2D eigenvalue weighted by Gasteiger charge is 2.48. The van der Waals surface area contributed by atoms with Gasteiger partial charge in [-0.1, -0.05) is 0 Å². The van der Waals surface area contributed by atoms with Gasteiger partial charge in [-0.2, -0.15) is 13.2 Å². The third-order valence-corrected chi connectivity index (χ3v) is 6.39. The minimum atomic E-state index is -4.98. The van der Waals surface area contributed by atoms with Crippen molar-refractivity contribution in [2.24, 2.45) is 0 Å². The van der Waals surface area contributed by atoms with Crippen molar-refractivity contribution in [2.45, 2.75) is 58.8 Å². The molecule has 32 heavy (non-hydrogen) atoms. The number of halogens is 3. The van der Waals surface area contributed by atoms with Crippen LogP contribution in [-0.2, 0) is 9.59 Å². The fourth-order valence-corrected chi connectivity index (χ4v) is 4.91. The van der Waals surface area contributed by atoms with E-state index >= 15 is 0 Å². The van der Waals surface area contributed by atoms with Crippen molar-refractivity contribution in [3.8, 4) is 0 Å². The lowest BCUT2D eigenvalue weighted by molar-refractivity contribution is -0.187. The molecule has 1 aromatic heterocycles. The van der Waals surface area contributed by atoms with Crippen molar-refractivity contribution < 1.29 is 27.6 Å². The molecule has 0 aromatic carbocycles. The zero-order valence-corrected chi connectivity index (χ0v) is 19.0. The van der Waals surface area contributed by atoms with Crippen LogP contribution in [0.5, 0.6) is 0 Å². The largest absolute Gasteiger partial charge is 0.471 e. The van der Waals surface area contributed by atoms with Gasteiger partial charge < -0.3 is 14.4 Å². The van der Waals surface area contributed by atoms with E-state index in [9.17, 15) is 27.6 Å². The standard InChI is InChI=1S/C22H31F3N4O3/c1-14(2)29-15(3)12-17(16(29)4)19(30)13-26-8-10-27(11-9-26)20(31)18-6-5-7-28(18)21(32)22(23,24)25/h12,14,18H,5-11,13H2,1-4H3. The molecule has 1 unspecified atom stereocenters. The van der Waals surface area contributed by atoms with E-state index in [0.717, 1.165) is 11.4 Å². The molecule has 0 aliphatic carbocycles. The molecule has 2 amide bonds. The average molecular weight is 457 g/mol. The van der Waals surface area contributed by atoms with Crippen LogP contribution >= 0.6 is 0 Å². The van der Waals surface area contributed by atoms with Crippen molar-refractivity contribution in [3.05, 3.63) is 23.0 Å². The number of hydrogen-bond acceptors (Lipinski definition) is 4. The van der Waals surface area contributed by atoms with Gasteiger partial charge in [0.05, 0.1) is 6.54 Å². The Kier molecular flexibility index (Phi) is 7.02. The highest BCUT2D eigenvalue weighted by atomic mass is 19.4. The molecule has 10 heteroatoms. The van der Waals surface area contributed by atoms with E-state index < -0.39 is 24.0 Å². The second-order valence-corrected chi connectivity index (χ2v) is 8.93. The van der Waals surface area contributed by atoms with Crippen molar-refractivity contribution in [2.75, 3.05) is 39.3 Å². The lowest BCUT2D eigenvalue weighted by Crippen LogP contribution is -2.56. The quantitative estimate of drug-likeness (QED) is 0.639. The first-order valence-electron chi connectivity index (χ1n) is 11.0. The summed E-state index contributed by atoms with van der Waals surface area (Å²) in [7, 11) is 0. The van der Waals surface area contributed by atoms with Gasteiger partial charge in [0.15, 0.2) is 5.78 Å². The Morgan fingerprint density at radius 1 is 1.06 bits per heavy atom. The number of Topliss-reactive ketones (excluding diaryl/α,β-unsaturated/α-hetero) is 1. The SMILES string of the molecule is Cc1cc(C(=O)CN2CCN(C(=O)C3CCCN3C(=O)C(F)(F)F)CC2)c(C)n1C(C)C. The molecule has 2 aliphatic heterocycles. The normalized spacial score (nSPS) is 20.3. The number of carbonyl (C=O) groups excluding carboxylic acids is 3. The molecule has 2 aliphatic rings. The Morgan fingerprint density at radius 3 is 2.22 bits per heavy atom. The van der Waals surface area contributed by atoms with E-state index in [1.807, 2.05) is 24.8 Å². The molecule has 2 saturated heterocycles. The van der Waals surface area contributed by atoms with Crippen LogP contribution in [0.25, 0.3) is 0 Å². The summed E-state index contributed by atoms with van der Waals surface area (Å²) in [5, 5.41) is 0. The maximum atomic E-state index is 12.9. The molecule has 0 saturated carbocycles. The predicted molar refractivity (Wildman–Crippen MR) is 112 cm³/mol. The first-order chi connectivity index (χ1) is 14.9. The summed E-state index contributed by atoms with van der Waals surface area (Å²) < 4.78 is 40.6. The number of likely N-dealkylation sites (tertiary alicyclic amines) is 1. The number of aromatic nitrogens is 1. The molecule has 0 bridgehead atoms. The minimum absolute atomic E-state index is 0.0162. The van der Waals surface area contributed by atoms with Gasteiger partial charge >= 0.3 is 12.1 Å². The number of carbonyl (C=O) groups is 3. The van der Waals surface area contributed by atoms with Crippen molar-refractivity contribution in [3.63, 3.8) is 0 Å². The topological polar surface area (TPSA) is 65.9 Å². The summed E-state index contributed by atoms with van der Waals surface area (Å²) in [6.07, 6.45) is -4.36. The lowest BCUT2D eigenvalue weighted by Gasteiger charge is -2.37. The molecule has 178 valence electrons. The zero-order valence-electron chi connectivity index (χ0n) is 19.0. The lowest BCUT2D eigenvalue weighted by atomic mass is 10.1. The first-order valence-corrected chi connectivity index (χ1v) is 11.0. The highest BCUT2D eigenvalue weighted by molar-refractivity contribution is 5.99. The van der Waals surface area contributed by atoms with Gasteiger partial charge in [-0.15, -0.1) is 0 Å². The number of ketones is 1. The summed E-state index contributed by atoms with van der Waals surface area (Å²) in [5.41, 5.74) is 2.67. The fourth-order valence-electron chi connectivity index (χ4n) is 4.91. The second-order valence-electron chi connectivity index (χ2n) is 8.93. The fraction of sp³-hybridized carbons (Fsp3) is 0.682. The van der Waals surface area contributed by atoms with Crippen LogP contribution in [-0.4, -0.2) is 88.4 Å². The molecule has 0 radical (unpaired) electrons. The van der Waals surface area contributed by atoms with Crippen LogP contribution in [0.15, 0.2) is 6.07 Å². The number of amides is 2. The van der Waals surface area contributed by atoms with Crippen molar-refractivity contribution >= 4 is 17.6 Å². The third-order valence-electron chi connectivity index (χ3n) is 6.39. The highest BCUT2D eigenvalue weighted by Crippen LogP contribution is 2.27. The Labute approximate surface area is 186 Å². The summed E-state index contributed by atoms with van der Waals surface area (Å²) >= 11 is 0. The molecule has 1 atom stereocenters. The Hall–Kier alpha value is -2.36. The maximum Gasteiger partial charge on any atom is 0.471 e. The van der Waals surface area contributed by atoms with Crippen LogP contribution in [0.2, 0.25) is 0 Å². The number of alkyl halides is 3. The Balaban J connectivity index is 1.57. The van der Waals surface area contributed by atoms with Gasteiger partial charge in [-0.3, -0.25) is 19.3 Å². The summed E-state index contributed by atoms with van der Waals surface area (Å²) in [4.78, 5) is 41.5. The second kappa shape index (κ2) is 9.25. The van der Waals surface area contributed by atoms with E-state index in [1.54, 1.807) is 0 Å². The predicted octanol–water partition coefficient (Wildman–Crippen LogP) is 2.57. The first kappa shape index (κ1) is 24.3. The van der Waals surface area contributed by atoms with Crippen molar-refractivity contribution in [1.29, 1.82) is 0 Å². The molecule has 1 aromatic rings. The molecule has 3 heterocycles. The van der Waals surface area contributed by atoms with Gasteiger partial charge in [-0.05, 0) is 46.6 Å². The maximum absolute atomic E-state index is 12.9. The van der Waals surface area contributed by atoms with E-state index in [1.165, 1.54) is 4.90 Å². The summed E-state index contributed by atoms with van der Waals surface area (Å²) in [6, 6.07) is 1.10. The molecule has 0 spiro atoms. The molecule has 3 rings (SSSR count). The molecule has 7 nitrogen and oxygen atoms in total. The monoisotopic (exact) mass is 456 g/mol. The molecule has 0 N–H and O–H groups in total. The summed E-state index contributed by atoms with van der Waals surface area (Å²) in [6.45, 7) is 9.78. The Bertz CT molecular complexity index is 886. The molecule has 2 fully saturated rings. The van der Waals surface area contributed by atoms with Gasteiger partial charge in [0.2, 0.25) is 5.91 Å². The average Bonchev–Trinajstić information content (AvgIpc) is 3.31. The van der Waals surface area contributed by atoms with Crippen LogP contribution in [0.3, 0.4) is 0 Å². The van der Waals surface area contributed by atoms with Gasteiger partial charge in [0.1, 0.15) is 6.04 Å². The van der Waals surface area contributed by atoms with E-state index in [4.69, 9.17) is 0 Å². The van der Waals surface area contributed by atoms with Gasteiger partial charge in [0.25, 0.3) is 0 Å². The van der Waals surface area contributed by atoms with E-state index in [-0.39, 0.29) is 31.3 Å². The zero-order chi connectivity index (χ0) is 23.8. The molecular formula is C22H31F3N4O3. The number of piperazine rings is 1. The van der Waals surface area contributed by atoms with E-state index in [2.05, 4.69) is 18.4 Å². The molecular weight excluding hydrogens is 425 g/mol. The summed E-state index contributed by atoms with van der Waals surface area (Å²) in [5.74, 6) is -2.37. The number of aryl methyl sites for hydroxylation is 1. The number of hydrogen-bond donors (Lipinski definition) is 0. The van der Waals surface area contributed by atoms with Gasteiger partial charge in [-0.25, -0.2) is 0 Å². The Morgan fingerprint density at radius 2 is 1.69 bits per heavy atom. The number of nitrogens with zero attached hydrogens (tertiary/aromatic N) is 4. The number of rotatable bonds is 5. The van der Waals surface area contributed by atoms with Crippen molar-refractivity contribution in [1.82, 2.24) is 19.3 Å². The smallest absolute Gasteiger partial charge is 0.346 e.